The number of nitriles is 1. The lowest BCUT2D eigenvalue weighted by Crippen LogP contribution is -2.19. The minimum Gasteiger partial charge on any atom is -0.493 e. The van der Waals surface area contributed by atoms with Crippen molar-refractivity contribution in [2.45, 2.75) is 20.0 Å². The zero-order valence-corrected chi connectivity index (χ0v) is 11.8. The fourth-order valence-electron chi connectivity index (χ4n) is 1.49. The van der Waals surface area contributed by atoms with Crippen molar-refractivity contribution in [1.29, 1.82) is 5.26 Å². The van der Waals surface area contributed by atoms with E-state index in [-0.39, 0.29) is 6.61 Å². The summed E-state index contributed by atoms with van der Waals surface area (Å²) in [5, 5.41) is 8.54. The average Bonchev–Trinajstić information content (AvgIpc) is 2.45. The Morgan fingerprint density at radius 3 is 2.80 bits per heavy atom. The van der Waals surface area contributed by atoms with Crippen molar-refractivity contribution in [3.63, 3.8) is 0 Å². The van der Waals surface area contributed by atoms with Crippen LogP contribution in [0.25, 0.3) is 6.08 Å². The molecular formula is C15H17NO4. The highest BCUT2D eigenvalue weighted by Crippen LogP contribution is 2.28. The minimum absolute atomic E-state index is 0.272. The Kier molecular flexibility index (Phi) is 6.11. The van der Waals surface area contributed by atoms with E-state index in [2.05, 4.69) is 0 Å². The maximum atomic E-state index is 11.4. The number of benzene rings is 1. The number of esters is 1. The number of carbonyl (C=O) groups excluding carboxylic acids is 1. The Balaban J connectivity index is 2.68. The Morgan fingerprint density at radius 1 is 1.45 bits per heavy atom. The van der Waals surface area contributed by atoms with Gasteiger partial charge in [0.2, 0.25) is 0 Å². The summed E-state index contributed by atoms with van der Waals surface area (Å²) >= 11 is 0. The van der Waals surface area contributed by atoms with Crippen LogP contribution in [-0.2, 0) is 9.53 Å². The van der Waals surface area contributed by atoms with Gasteiger partial charge in [-0.05, 0) is 31.5 Å². The number of hydrogen-bond donors (Lipinski definition) is 0. The molecule has 0 aliphatic rings. The number of allylic oxidation sites excluding steroid dienone is 1. The van der Waals surface area contributed by atoms with Crippen molar-refractivity contribution in [1.82, 2.24) is 0 Å². The van der Waals surface area contributed by atoms with Crippen LogP contribution in [0.15, 0.2) is 24.3 Å². The smallest absolute Gasteiger partial charge is 0.345 e. The second-order valence-corrected chi connectivity index (χ2v) is 3.96. The Morgan fingerprint density at radius 2 is 2.20 bits per heavy atom. The number of carbonyl (C=O) groups is 1. The van der Waals surface area contributed by atoms with E-state index in [0.717, 1.165) is 5.56 Å². The van der Waals surface area contributed by atoms with E-state index in [1.165, 1.54) is 14.0 Å². The number of methoxy groups -OCH3 is 1. The molecule has 0 saturated carbocycles. The van der Waals surface area contributed by atoms with Gasteiger partial charge in [0.15, 0.2) is 24.2 Å². The van der Waals surface area contributed by atoms with Crippen LogP contribution in [-0.4, -0.2) is 25.8 Å². The van der Waals surface area contributed by atoms with Crippen LogP contribution >= 0.6 is 0 Å². The SMILES string of the molecule is C/C=C/c1ccc(OCC(=O)O[C@@H](C)C#N)c(OC)c1. The zero-order valence-electron chi connectivity index (χ0n) is 11.8. The van der Waals surface area contributed by atoms with Gasteiger partial charge in [0.1, 0.15) is 6.07 Å². The van der Waals surface area contributed by atoms with Crippen LogP contribution in [0.2, 0.25) is 0 Å². The van der Waals surface area contributed by atoms with E-state index in [4.69, 9.17) is 19.5 Å². The van der Waals surface area contributed by atoms with Crippen molar-refractivity contribution in [3.05, 3.63) is 29.8 Å². The van der Waals surface area contributed by atoms with E-state index in [1.54, 1.807) is 12.1 Å². The van der Waals surface area contributed by atoms with Gasteiger partial charge in [0.25, 0.3) is 0 Å². The first-order valence-electron chi connectivity index (χ1n) is 6.13. The summed E-state index contributed by atoms with van der Waals surface area (Å²) in [6.07, 6.45) is 3.05. The van der Waals surface area contributed by atoms with Gasteiger partial charge in [-0.2, -0.15) is 5.26 Å². The van der Waals surface area contributed by atoms with Crippen molar-refractivity contribution >= 4 is 12.0 Å². The maximum Gasteiger partial charge on any atom is 0.345 e. The van der Waals surface area contributed by atoms with Gasteiger partial charge in [-0.25, -0.2) is 4.79 Å². The van der Waals surface area contributed by atoms with Crippen LogP contribution in [0.4, 0.5) is 0 Å². The third-order valence-corrected chi connectivity index (χ3v) is 2.38. The molecule has 0 amide bonds. The third-order valence-electron chi connectivity index (χ3n) is 2.38. The van der Waals surface area contributed by atoms with Crippen LogP contribution in [0.3, 0.4) is 0 Å². The molecule has 5 nitrogen and oxygen atoms in total. The van der Waals surface area contributed by atoms with Crippen molar-refractivity contribution in [3.8, 4) is 17.6 Å². The Bertz CT molecular complexity index is 531. The molecule has 0 radical (unpaired) electrons. The van der Waals surface area contributed by atoms with Crippen LogP contribution in [0, 0.1) is 11.3 Å². The first kappa shape index (κ1) is 15.6. The molecular weight excluding hydrogens is 258 g/mol. The van der Waals surface area contributed by atoms with Crippen LogP contribution in [0.1, 0.15) is 19.4 Å². The molecule has 0 unspecified atom stereocenters. The van der Waals surface area contributed by atoms with Gasteiger partial charge in [-0.3, -0.25) is 0 Å². The molecule has 0 aliphatic heterocycles. The van der Waals surface area contributed by atoms with Crippen molar-refractivity contribution in [2.75, 3.05) is 13.7 Å². The molecule has 106 valence electrons. The standard InChI is InChI=1S/C15H17NO4/c1-4-5-12-6-7-13(14(8-12)18-3)19-10-15(17)20-11(2)9-16/h4-8,11H,10H2,1-3H3/b5-4+/t11-/m0/s1. The molecule has 0 heterocycles. The number of hydrogen-bond acceptors (Lipinski definition) is 5. The molecule has 1 aromatic carbocycles. The van der Waals surface area contributed by atoms with Gasteiger partial charge in [-0.1, -0.05) is 18.2 Å². The highest BCUT2D eigenvalue weighted by atomic mass is 16.6. The van der Waals surface area contributed by atoms with Gasteiger partial charge in [0, 0.05) is 0 Å². The lowest BCUT2D eigenvalue weighted by atomic mass is 10.2. The van der Waals surface area contributed by atoms with Gasteiger partial charge >= 0.3 is 5.97 Å². The summed E-state index contributed by atoms with van der Waals surface area (Å²) in [5.74, 6) is 0.377. The highest BCUT2D eigenvalue weighted by Gasteiger charge is 2.11. The van der Waals surface area contributed by atoms with Gasteiger partial charge in [-0.15, -0.1) is 0 Å². The molecule has 0 saturated heterocycles. The highest BCUT2D eigenvalue weighted by molar-refractivity contribution is 5.71. The molecule has 0 spiro atoms. The summed E-state index contributed by atoms with van der Waals surface area (Å²) < 4.78 is 15.3. The molecule has 0 aliphatic carbocycles. The summed E-state index contributed by atoms with van der Waals surface area (Å²) in [6, 6.07) is 7.18. The van der Waals surface area contributed by atoms with Gasteiger partial charge < -0.3 is 14.2 Å². The Labute approximate surface area is 118 Å². The quantitative estimate of drug-likeness (QED) is 0.746. The predicted octanol–water partition coefficient (Wildman–Crippen LogP) is 2.56. The number of ether oxygens (including phenoxy) is 3. The molecule has 1 rings (SSSR count). The fraction of sp³-hybridized carbons (Fsp3) is 0.333. The van der Waals surface area contributed by atoms with E-state index >= 15 is 0 Å². The van der Waals surface area contributed by atoms with E-state index in [0.29, 0.717) is 11.5 Å². The van der Waals surface area contributed by atoms with Gasteiger partial charge in [0.05, 0.1) is 7.11 Å². The molecule has 1 atom stereocenters. The first-order valence-corrected chi connectivity index (χ1v) is 6.13. The summed E-state index contributed by atoms with van der Waals surface area (Å²) in [5.41, 5.74) is 0.970. The first-order chi connectivity index (χ1) is 9.60. The molecule has 0 N–H and O–H groups in total. The largest absolute Gasteiger partial charge is 0.493 e. The lowest BCUT2D eigenvalue weighted by molar-refractivity contribution is -0.148. The summed E-state index contributed by atoms with van der Waals surface area (Å²) in [7, 11) is 1.53. The normalized spacial score (nSPS) is 11.7. The molecule has 20 heavy (non-hydrogen) atoms. The topological polar surface area (TPSA) is 68.5 Å². The third kappa shape index (κ3) is 4.65. The number of rotatable bonds is 6. The van der Waals surface area contributed by atoms with E-state index in [9.17, 15) is 4.79 Å². The van der Waals surface area contributed by atoms with Crippen molar-refractivity contribution in [2.24, 2.45) is 0 Å². The lowest BCUT2D eigenvalue weighted by Gasteiger charge is -2.11. The van der Waals surface area contributed by atoms with Crippen LogP contribution in [0.5, 0.6) is 11.5 Å². The molecule has 0 aromatic heterocycles. The minimum atomic E-state index is -0.787. The summed E-state index contributed by atoms with van der Waals surface area (Å²) in [6.45, 7) is 3.14. The fourth-order valence-corrected chi connectivity index (χ4v) is 1.49. The monoisotopic (exact) mass is 275 g/mol. The molecule has 5 heteroatoms. The van der Waals surface area contributed by atoms with Crippen molar-refractivity contribution < 1.29 is 19.0 Å². The number of nitrogens with zero attached hydrogens (tertiary/aromatic N) is 1. The molecule has 1 aromatic rings. The van der Waals surface area contributed by atoms with E-state index < -0.39 is 12.1 Å². The van der Waals surface area contributed by atoms with Crippen LogP contribution < -0.4 is 9.47 Å². The summed E-state index contributed by atoms with van der Waals surface area (Å²) in [4.78, 5) is 11.4. The maximum absolute atomic E-state index is 11.4. The second kappa shape index (κ2) is 7.85. The Hall–Kier alpha value is -2.48. The second-order valence-electron chi connectivity index (χ2n) is 3.96. The predicted molar refractivity (Wildman–Crippen MR) is 74.4 cm³/mol. The average molecular weight is 275 g/mol. The molecule has 0 fully saturated rings. The molecule has 0 bridgehead atoms. The zero-order chi connectivity index (χ0) is 15.0. The van der Waals surface area contributed by atoms with E-state index in [1.807, 2.05) is 31.2 Å².